The molecule has 21 heavy (non-hydrogen) atoms. The second kappa shape index (κ2) is 6.57. The van der Waals surface area contributed by atoms with Crippen molar-refractivity contribution in [3.63, 3.8) is 0 Å². The molecule has 1 fully saturated rings. The summed E-state index contributed by atoms with van der Waals surface area (Å²) in [6, 6.07) is 11.2. The van der Waals surface area contributed by atoms with E-state index in [9.17, 15) is 0 Å². The van der Waals surface area contributed by atoms with Crippen LogP contribution in [0.15, 0.2) is 30.3 Å². The minimum atomic E-state index is 0.712. The van der Waals surface area contributed by atoms with Gasteiger partial charge in [-0.25, -0.2) is 0 Å². The van der Waals surface area contributed by atoms with Gasteiger partial charge in [0.15, 0.2) is 0 Å². The summed E-state index contributed by atoms with van der Waals surface area (Å²) in [6.45, 7) is 6.48. The van der Waals surface area contributed by atoms with Crippen molar-refractivity contribution in [3.8, 4) is 0 Å². The Hall–Kier alpha value is -1.41. The molecule has 0 aliphatic heterocycles. The van der Waals surface area contributed by atoms with E-state index in [0.717, 1.165) is 30.2 Å². The van der Waals surface area contributed by atoms with Crippen LogP contribution in [-0.2, 0) is 0 Å². The first-order valence-electron chi connectivity index (χ1n) is 8.36. The van der Waals surface area contributed by atoms with Crippen molar-refractivity contribution in [1.29, 1.82) is 0 Å². The molecule has 1 aromatic carbocycles. The second-order valence-corrected chi connectivity index (χ2v) is 6.36. The molecule has 1 aliphatic carbocycles. The van der Waals surface area contributed by atoms with Crippen molar-refractivity contribution >= 4 is 10.9 Å². The third-order valence-corrected chi connectivity index (χ3v) is 4.85. The maximum absolute atomic E-state index is 4.62. The van der Waals surface area contributed by atoms with Crippen LogP contribution in [-0.4, -0.2) is 18.1 Å². The monoisotopic (exact) mass is 282 g/mol. The zero-order valence-electron chi connectivity index (χ0n) is 13.2. The van der Waals surface area contributed by atoms with Gasteiger partial charge in [-0.3, -0.25) is 4.98 Å². The van der Waals surface area contributed by atoms with Crippen molar-refractivity contribution < 1.29 is 0 Å². The molecule has 0 radical (unpaired) electrons. The maximum Gasteiger partial charge on any atom is 0.0705 e. The SMILES string of the molecule is CCNCC1CCCCC1c1ccc2nc(C)ccc2c1. The van der Waals surface area contributed by atoms with E-state index in [1.807, 2.05) is 0 Å². The van der Waals surface area contributed by atoms with Gasteiger partial charge in [0.05, 0.1) is 5.52 Å². The lowest BCUT2D eigenvalue weighted by Crippen LogP contribution is -2.29. The molecule has 1 heterocycles. The Kier molecular flexibility index (Phi) is 4.54. The van der Waals surface area contributed by atoms with E-state index in [1.165, 1.54) is 36.6 Å². The minimum absolute atomic E-state index is 0.712. The normalized spacial score (nSPS) is 22.6. The van der Waals surface area contributed by atoms with Crippen molar-refractivity contribution in [3.05, 3.63) is 41.6 Å². The van der Waals surface area contributed by atoms with Crippen molar-refractivity contribution in [2.45, 2.75) is 45.4 Å². The molecular formula is C19H26N2. The molecule has 3 rings (SSSR count). The fourth-order valence-electron chi connectivity index (χ4n) is 3.70. The van der Waals surface area contributed by atoms with E-state index in [-0.39, 0.29) is 0 Å². The molecule has 2 nitrogen and oxygen atoms in total. The third-order valence-electron chi connectivity index (χ3n) is 4.85. The van der Waals surface area contributed by atoms with Gasteiger partial charge in [0.1, 0.15) is 0 Å². The van der Waals surface area contributed by atoms with E-state index in [1.54, 1.807) is 0 Å². The molecule has 2 heteroatoms. The fraction of sp³-hybridized carbons (Fsp3) is 0.526. The minimum Gasteiger partial charge on any atom is -0.317 e. The number of rotatable bonds is 4. The van der Waals surface area contributed by atoms with Gasteiger partial charge >= 0.3 is 0 Å². The highest BCUT2D eigenvalue weighted by Gasteiger charge is 2.26. The first kappa shape index (κ1) is 14.5. The topological polar surface area (TPSA) is 24.9 Å². The summed E-state index contributed by atoms with van der Waals surface area (Å²) in [5.74, 6) is 1.50. The average Bonchev–Trinajstić information content (AvgIpc) is 2.52. The van der Waals surface area contributed by atoms with Gasteiger partial charge < -0.3 is 5.32 Å². The standard InChI is InChI=1S/C19H26N2/c1-3-20-13-17-6-4-5-7-18(17)15-10-11-19-16(12-15)9-8-14(2)21-19/h8-12,17-18,20H,3-7,13H2,1-2H3. The van der Waals surface area contributed by atoms with Crippen LogP contribution in [0.25, 0.3) is 10.9 Å². The van der Waals surface area contributed by atoms with Gasteiger partial charge in [-0.1, -0.05) is 31.9 Å². The van der Waals surface area contributed by atoms with Crippen molar-refractivity contribution in [1.82, 2.24) is 10.3 Å². The fourth-order valence-corrected chi connectivity index (χ4v) is 3.70. The van der Waals surface area contributed by atoms with E-state index in [0.29, 0.717) is 5.92 Å². The van der Waals surface area contributed by atoms with Crippen molar-refractivity contribution in [2.75, 3.05) is 13.1 Å². The van der Waals surface area contributed by atoms with E-state index in [2.05, 4.69) is 54.5 Å². The Morgan fingerprint density at radius 1 is 1.14 bits per heavy atom. The van der Waals surface area contributed by atoms with Crippen LogP contribution in [0.2, 0.25) is 0 Å². The largest absolute Gasteiger partial charge is 0.317 e. The van der Waals surface area contributed by atoms with Gasteiger partial charge in [-0.2, -0.15) is 0 Å². The third kappa shape index (κ3) is 3.26. The first-order chi connectivity index (χ1) is 10.3. The Balaban J connectivity index is 1.88. The number of benzene rings is 1. The summed E-state index contributed by atoms with van der Waals surface area (Å²) in [7, 11) is 0. The number of aromatic nitrogens is 1. The molecule has 1 aliphatic rings. The molecule has 0 saturated heterocycles. The lowest BCUT2D eigenvalue weighted by molar-refractivity contribution is 0.297. The van der Waals surface area contributed by atoms with Crippen LogP contribution >= 0.6 is 0 Å². The van der Waals surface area contributed by atoms with Gasteiger partial charge in [-0.05, 0) is 68.5 Å². The predicted molar refractivity (Wildman–Crippen MR) is 89.7 cm³/mol. The summed E-state index contributed by atoms with van der Waals surface area (Å²) >= 11 is 0. The molecule has 2 atom stereocenters. The van der Waals surface area contributed by atoms with Crippen LogP contribution in [0.3, 0.4) is 0 Å². The summed E-state index contributed by atoms with van der Waals surface area (Å²) in [4.78, 5) is 4.62. The summed E-state index contributed by atoms with van der Waals surface area (Å²) < 4.78 is 0. The smallest absolute Gasteiger partial charge is 0.0705 e. The van der Waals surface area contributed by atoms with Crippen LogP contribution in [0, 0.1) is 12.8 Å². The quantitative estimate of drug-likeness (QED) is 0.897. The number of hydrogen-bond donors (Lipinski definition) is 1. The number of hydrogen-bond acceptors (Lipinski definition) is 2. The number of nitrogens with one attached hydrogen (secondary N) is 1. The first-order valence-corrected chi connectivity index (χ1v) is 8.36. The Morgan fingerprint density at radius 2 is 2.00 bits per heavy atom. The number of fused-ring (bicyclic) bond motifs is 1. The molecule has 0 bridgehead atoms. The molecule has 1 saturated carbocycles. The second-order valence-electron chi connectivity index (χ2n) is 6.36. The molecule has 2 unspecified atom stereocenters. The molecule has 1 N–H and O–H groups in total. The number of pyridine rings is 1. The highest BCUT2D eigenvalue weighted by Crippen LogP contribution is 2.38. The van der Waals surface area contributed by atoms with Gasteiger partial charge in [0.25, 0.3) is 0 Å². The van der Waals surface area contributed by atoms with E-state index < -0.39 is 0 Å². The van der Waals surface area contributed by atoms with E-state index >= 15 is 0 Å². The number of nitrogens with zero attached hydrogens (tertiary/aromatic N) is 1. The summed E-state index contributed by atoms with van der Waals surface area (Å²) in [6.07, 6.45) is 5.46. The van der Waals surface area contributed by atoms with E-state index in [4.69, 9.17) is 0 Å². The molecule has 0 spiro atoms. The molecule has 1 aromatic heterocycles. The van der Waals surface area contributed by atoms with Crippen LogP contribution in [0.1, 0.15) is 49.8 Å². The number of aryl methyl sites for hydroxylation is 1. The summed E-state index contributed by atoms with van der Waals surface area (Å²) in [5.41, 5.74) is 3.73. The van der Waals surface area contributed by atoms with Crippen LogP contribution < -0.4 is 5.32 Å². The zero-order chi connectivity index (χ0) is 14.7. The molecular weight excluding hydrogens is 256 g/mol. The van der Waals surface area contributed by atoms with Crippen molar-refractivity contribution in [2.24, 2.45) is 5.92 Å². The molecule has 2 aromatic rings. The van der Waals surface area contributed by atoms with Gasteiger partial charge in [-0.15, -0.1) is 0 Å². The van der Waals surface area contributed by atoms with Gasteiger partial charge in [0.2, 0.25) is 0 Å². The lowest BCUT2D eigenvalue weighted by atomic mass is 9.75. The Morgan fingerprint density at radius 3 is 2.86 bits per heavy atom. The van der Waals surface area contributed by atoms with Crippen LogP contribution in [0.5, 0.6) is 0 Å². The summed E-state index contributed by atoms with van der Waals surface area (Å²) in [5, 5.41) is 4.83. The highest BCUT2D eigenvalue weighted by molar-refractivity contribution is 5.79. The zero-order valence-corrected chi connectivity index (χ0v) is 13.2. The molecule has 112 valence electrons. The average molecular weight is 282 g/mol. The molecule has 0 amide bonds. The highest BCUT2D eigenvalue weighted by atomic mass is 14.8. The Bertz CT molecular complexity index is 606. The Labute approximate surface area is 128 Å². The van der Waals surface area contributed by atoms with Crippen LogP contribution in [0.4, 0.5) is 0 Å². The maximum atomic E-state index is 4.62. The predicted octanol–water partition coefficient (Wildman–Crippen LogP) is 4.43. The van der Waals surface area contributed by atoms with Gasteiger partial charge in [0, 0.05) is 11.1 Å². The lowest BCUT2D eigenvalue weighted by Gasteiger charge is -2.32.